The number of nitrogens with zero attached hydrogens (tertiary/aromatic N) is 2. The molecule has 1 aliphatic rings. The molecule has 0 bridgehead atoms. The van der Waals surface area contributed by atoms with E-state index in [0.717, 1.165) is 44.7 Å². The second-order valence-corrected chi connectivity index (χ2v) is 6.29. The van der Waals surface area contributed by atoms with E-state index < -0.39 is 0 Å². The monoisotopic (exact) mass is 445 g/mol. The van der Waals surface area contributed by atoms with E-state index in [9.17, 15) is 0 Å². The van der Waals surface area contributed by atoms with E-state index in [2.05, 4.69) is 48.3 Å². The van der Waals surface area contributed by atoms with Gasteiger partial charge in [0.05, 0.1) is 13.2 Å². The second kappa shape index (κ2) is 11.7. The normalized spacial score (nSPS) is 16.0. The largest absolute Gasteiger partial charge is 0.377 e. The first-order valence-corrected chi connectivity index (χ1v) is 8.91. The predicted molar refractivity (Wildman–Crippen MR) is 112 cm³/mol. The SMILES string of the molecule is CCNC(=NCc1ccc(COCC)cc1)N1CCC(C)CC1.I. The fourth-order valence-corrected chi connectivity index (χ4v) is 2.77. The standard InChI is InChI=1S/C19H31N3O.HI/c1-4-20-19(22-12-10-16(3)11-13-22)21-14-17-6-8-18(9-7-17)15-23-5-2;/h6-9,16H,4-5,10-15H2,1-3H3,(H,20,21);1H. The smallest absolute Gasteiger partial charge is 0.194 e. The Morgan fingerprint density at radius 1 is 1.17 bits per heavy atom. The molecule has 1 saturated heterocycles. The molecule has 1 aliphatic heterocycles. The molecule has 1 heterocycles. The number of piperidine rings is 1. The number of aliphatic imine (C=N–C) groups is 1. The van der Waals surface area contributed by atoms with E-state index in [0.29, 0.717) is 6.61 Å². The number of benzene rings is 1. The number of nitrogens with one attached hydrogen (secondary N) is 1. The topological polar surface area (TPSA) is 36.9 Å². The summed E-state index contributed by atoms with van der Waals surface area (Å²) in [7, 11) is 0. The highest BCUT2D eigenvalue weighted by molar-refractivity contribution is 14.0. The van der Waals surface area contributed by atoms with Crippen molar-refractivity contribution in [3.63, 3.8) is 0 Å². The first-order valence-electron chi connectivity index (χ1n) is 8.91. The summed E-state index contributed by atoms with van der Waals surface area (Å²) in [6.45, 7) is 11.8. The Morgan fingerprint density at radius 2 is 1.79 bits per heavy atom. The molecule has 24 heavy (non-hydrogen) atoms. The van der Waals surface area contributed by atoms with Crippen molar-refractivity contribution >= 4 is 29.9 Å². The Kier molecular flexibility index (Phi) is 10.3. The molecule has 2 rings (SSSR count). The van der Waals surface area contributed by atoms with Crippen LogP contribution in [0.3, 0.4) is 0 Å². The lowest BCUT2D eigenvalue weighted by Gasteiger charge is -2.33. The molecule has 0 aliphatic carbocycles. The Hall–Kier alpha value is -0.820. The third-order valence-corrected chi connectivity index (χ3v) is 4.33. The van der Waals surface area contributed by atoms with Crippen molar-refractivity contribution in [3.05, 3.63) is 35.4 Å². The molecule has 1 N–H and O–H groups in total. The fraction of sp³-hybridized carbons (Fsp3) is 0.632. The number of guanidine groups is 1. The van der Waals surface area contributed by atoms with Crippen LogP contribution in [0, 0.1) is 5.92 Å². The molecule has 0 spiro atoms. The zero-order valence-electron chi connectivity index (χ0n) is 15.3. The highest BCUT2D eigenvalue weighted by Crippen LogP contribution is 2.16. The van der Waals surface area contributed by atoms with Crippen LogP contribution in [0.25, 0.3) is 0 Å². The van der Waals surface area contributed by atoms with Crippen molar-refractivity contribution in [1.82, 2.24) is 10.2 Å². The third-order valence-electron chi connectivity index (χ3n) is 4.33. The van der Waals surface area contributed by atoms with Crippen LogP contribution in [-0.4, -0.2) is 37.1 Å². The van der Waals surface area contributed by atoms with Crippen molar-refractivity contribution in [2.75, 3.05) is 26.2 Å². The van der Waals surface area contributed by atoms with Crippen molar-refractivity contribution in [3.8, 4) is 0 Å². The molecule has 1 aromatic carbocycles. The highest BCUT2D eigenvalue weighted by Gasteiger charge is 2.18. The zero-order chi connectivity index (χ0) is 16.5. The highest BCUT2D eigenvalue weighted by atomic mass is 127. The summed E-state index contributed by atoms with van der Waals surface area (Å²) < 4.78 is 5.43. The Morgan fingerprint density at radius 3 is 2.38 bits per heavy atom. The molecule has 0 aromatic heterocycles. The minimum absolute atomic E-state index is 0. The van der Waals surface area contributed by atoms with Gasteiger partial charge >= 0.3 is 0 Å². The van der Waals surface area contributed by atoms with Gasteiger partial charge in [0.1, 0.15) is 0 Å². The van der Waals surface area contributed by atoms with Gasteiger partial charge in [-0.3, -0.25) is 0 Å². The summed E-state index contributed by atoms with van der Waals surface area (Å²) >= 11 is 0. The van der Waals surface area contributed by atoms with Crippen LogP contribution in [0.1, 0.15) is 44.7 Å². The van der Waals surface area contributed by atoms with Crippen LogP contribution in [0.2, 0.25) is 0 Å². The summed E-state index contributed by atoms with van der Waals surface area (Å²) in [4.78, 5) is 7.22. The van der Waals surface area contributed by atoms with E-state index >= 15 is 0 Å². The minimum Gasteiger partial charge on any atom is -0.377 e. The van der Waals surface area contributed by atoms with Gasteiger partial charge in [0.15, 0.2) is 5.96 Å². The first-order chi connectivity index (χ1) is 11.2. The summed E-state index contributed by atoms with van der Waals surface area (Å²) in [5, 5.41) is 3.43. The average molecular weight is 445 g/mol. The maximum absolute atomic E-state index is 5.43. The molecule has 1 fully saturated rings. The Bertz CT molecular complexity index is 482. The van der Waals surface area contributed by atoms with E-state index in [-0.39, 0.29) is 24.0 Å². The quantitative estimate of drug-likeness (QED) is 0.408. The van der Waals surface area contributed by atoms with Crippen LogP contribution in [-0.2, 0) is 17.9 Å². The van der Waals surface area contributed by atoms with Crippen LogP contribution >= 0.6 is 24.0 Å². The number of rotatable bonds is 6. The average Bonchev–Trinajstić information content (AvgIpc) is 2.58. The van der Waals surface area contributed by atoms with Crippen LogP contribution < -0.4 is 5.32 Å². The molecule has 0 amide bonds. The van der Waals surface area contributed by atoms with E-state index in [1.165, 1.54) is 24.0 Å². The number of halogens is 1. The van der Waals surface area contributed by atoms with Crippen LogP contribution in [0.5, 0.6) is 0 Å². The van der Waals surface area contributed by atoms with E-state index in [4.69, 9.17) is 9.73 Å². The molecule has 4 nitrogen and oxygen atoms in total. The van der Waals surface area contributed by atoms with Crippen molar-refractivity contribution in [2.45, 2.75) is 46.8 Å². The summed E-state index contributed by atoms with van der Waals surface area (Å²) in [6.07, 6.45) is 2.52. The Labute approximate surface area is 164 Å². The molecule has 1 aromatic rings. The number of ether oxygens (including phenoxy) is 1. The van der Waals surface area contributed by atoms with Gasteiger partial charge in [0.25, 0.3) is 0 Å². The lowest BCUT2D eigenvalue weighted by atomic mass is 10.00. The van der Waals surface area contributed by atoms with E-state index in [1.807, 2.05) is 6.92 Å². The third kappa shape index (κ3) is 6.97. The van der Waals surface area contributed by atoms with Gasteiger partial charge in [-0.25, -0.2) is 4.99 Å². The lowest BCUT2D eigenvalue weighted by Crippen LogP contribution is -2.45. The molecule has 0 radical (unpaired) electrons. The van der Waals surface area contributed by atoms with Crippen LogP contribution in [0.4, 0.5) is 0 Å². The van der Waals surface area contributed by atoms with Gasteiger partial charge in [-0.1, -0.05) is 31.2 Å². The number of hydrogen-bond acceptors (Lipinski definition) is 2. The molecular formula is C19H32IN3O. The lowest BCUT2D eigenvalue weighted by molar-refractivity contribution is 0.134. The minimum atomic E-state index is 0. The van der Waals surface area contributed by atoms with Gasteiger partial charge in [0, 0.05) is 26.2 Å². The van der Waals surface area contributed by atoms with Gasteiger partial charge < -0.3 is 15.0 Å². The fourth-order valence-electron chi connectivity index (χ4n) is 2.77. The van der Waals surface area contributed by atoms with Gasteiger partial charge in [-0.15, -0.1) is 24.0 Å². The Balaban J connectivity index is 0.00000288. The van der Waals surface area contributed by atoms with Crippen molar-refractivity contribution in [2.24, 2.45) is 10.9 Å². The number of hydrogen-bond donors (Lipinski definition) is 1. The predicted octanol–water partition coefficient (Wildman–Crippen LogP) is 4.04. The molecule has 5 heteroatoms. The summed E-state index contributed by atoms with van der Waals surface area (Å²) in [5.74, 6) is 1.89. The maximum Gasteiger partial charge on any atom is 0.194 e. The number of likely N-dealkylation sites (tertiary alicyclic amines) is 1. The second-order valence-electron chi connectivity index (χ2n) is 6.29. The maximum atomic E-state index is 5.43. The summed E-state index contributed by atoms with van der Waals surface area (Å²) in [6, 6.07) is 8.57. The van der Waals surface area contributed by atoms with Crippen molar-refractivity contribution < 1.29 is 4.74 Å². The first kappa shape index (κ1) is 21.2. The molecule has 0 saturated carbocycles. The van der Waals surface area contributed by atoms with E-state index in [1.54, 1.807) is 0 Å². The van der Waals surface area contributed by atoms with Gasteiger partial charge in [-0.05, 0) is 43.7 Å². The van der Waals surface area contributed by atoms with Crippen molar-refractivity contribution in [1.29, 1.82) is 0 Å². The molecule has 0 atom stereocenters. The summed E-state index contributed by atoms with van der Waals surface area (Å²) in [5.41, 5.74) is 2.46. The molecule has 136 valence electrons. The van der Waals surface area contributed by atoms with Gasteiger partial charge in [-0.2, -0.15) is 0 Å². The molecule has 0 unspecified atom stereocenters. The van der Waals surface area contributed by atoms with Crippen LogP contribution in [0.15, 0.2) is 29.3 Å². The molecular weight excluding hydrogens is 413 g/mol. The van der Waals surface area contributed by atoms with Gasteiger partial charge in [0.2, 0.25) is 0 Å². The zero-order valence-corrected chi connectivity index (χ0v) is 17.6.